The summed E-state index contributed by atoms with van der Waals surface area (Å²) in [7, 11) is 1.69. The lowest BCUT2D eigenvalue weighted by molar-refractivity contribution is -0.137. The third kappa shape index (κ3) is 8.31. The molecular formula is C19H28F3IN6O2. The van der Waals surface area contributed by atoms with Gasteiger partial charge in [0.1, 0.15) is 6.61 Å². The third-order valence-corrected chi connectivity index (χ3v) is 4.89. The average Bonchev–Trinajstić information content (AvgIpc) is 3.52. The maximum atomic E-state index is 12.5. The number of carbonyl (C=O) groups is 1. The van der Waals surface area contributed by atoms with Crippen LogP contribution >= 0.6 is 24.0 Å². The van der Waals surface area contributed by atoms with E-state index in [9.17, 15) is 18.0 Å². The first kappa shape index (κ1) is 25.4. The summed E-state index contributed by atoms with van der Waals surface area (Å²) in [5.41, 5.74) is -0.808. The number of guanidine groups is 1. The summed E-state index contributed by atoms with van der Waals surface area (Å²) >= 11 is 0. The van der Waals surface area contributed by atoms with Gasteiger partial charge in [0.2, 0.25) is 11.8 Å². The molecule has 0 aromatic carbocycles. The minimum absolute atomic E-state index is 0. The number of nitrogens with zero attached hydrogens (tertiary/aromatic N) is 4. The van der Waals surface area contributed by atoms with E-state index in [1.165, 1.54) is 6.07 Å². The number of aromatic nitrogens is 1. The molecule has 8 nitrogen and oxygen atoms in total. The fourth-order valence-corrected chi connectivity index (χ4v) is 3.11. The van der Waals surface area contributed by atoms with Gasteiger partial charge in [0.15, 0.2) is 5.96 Å². The van der Waals surface area contributed by atoms with Gasteiger partial charge in [-0.3, -0.25) is 14.7 Å². The Kier molecular flexibility index (Phi) is 9.59. The van der Waals surface area contributed by atoms with Crippen molar-refractivity contribution < 1.29 is 22.7 Å². The zero-order valence-electron chi connectivity index (χ0n) is 17.3. The monoisotopic (exact) mass is 556 g/mol. The van der Waals surface area contributed by atoms with Crippen molar-refractivity contribution in [3.63, 3.8) is 0 Å². The molecule has 1 amide bonds. The molecule has 1 saturated carbocycles. The van der Waals surface area contributed by atoms with E-state index >= 15 is 0 Å². The van der Waals surface area contributed by atoms with E-state index < -0.39 is 11.7 Å². The second-order valence-corrected chi connectivity index (χ2v) is 7.31. The van der Waals surface area contributed by atoms with Crippen LogP contribution in [0.5, 0.6) is 5.88 Å². The fraction of sp³-hybridized carbons (Fsp3) is 0.632. The molecule has 0 spiro atoms. The predicted molar refractivity (Wildman–Crippen MR) is 121 cm³/mol. The molecule has 3 rings (SSSR count). The Labute approximate surface area is 196 Å². The van der Waals surface area contributed by atoms with Crippen LogP contribution in [0, 0.1) is 0 Å². The van der Waals surface area contributed by atoms with E-state index in [4.69, 9.17) is 4.74 Å². The van der Waals surface area contributed by atoms with Crippen molar-refractivity contribution in [1.82, 2.24) is 25.4 Å². The molecular weight excluding hydrogens is 528 g/mol. The van der Waals surface area contributed by atoms with Crippen LogP contribution in [-0.2, 0) is 11.0 Å². The lowest BCUT2D eigenvalue weighted by Crippen LogP contribution is -2.54. The molecule has 174 valence electrons. The first-order valence-corrected chi connectivity index (χ1v) is 9.98. The minimum atomic E-state index is -4.41. The molecule has 1 aromatic rings. The molecule has 1 aromatic heterocycles. The number of pyridine rings is 1. The molecule has 0 radical (unpaired) electrons. The van der Waals surface area contributed by atoms with Crippen molar-refractivity contribution >= 4 is 35.8 Å². The molecule has 0 unspecified atom stereocenters. The lowest BCUT2D eigenvalue weighted by Gasteiger charge is -2.36. The molecule has 2 heterocycles. The topological polar surface area (TPSA) is 82.1 Å². The zero-order valence-corrected chi connectivity index (χ0v) is 19.7. The van der Waals surface area contributed by atoms with Gasteiger partial charge >= 0.3 is 6.18 Å². The highest BCUT2D eigenvalue weighted by molar-refractivity contribution is 14.0. The Bertz CT molecular complexity index is 735. The first-order valence-electron chi connectivity index (χ1n) is 9.98. The van der Waals surface area contributed by atoms with Crippen LogP contribution in [0.4, 0.5) is 13.2 Å². The number of nitrogens with one attached hydrogen (secondary N) is 2. The van der Waals surface area contributed by atoms with Crippen LogP contribution in [-0.4, -0.2) is 85.6 Å². The highest BCUT2D eigenvalue weighted by Gasteiger charge is 2.30. The molecule has 2 fully saturated rings. The minimum Gasteiger partial charge on any atom is -0.476 e. The van der Waals surface area contributed by atoms with Gasteiger partial charge in [-0.25, -0.2) is 4.98 Å². The average molecular weight is 556 g/mol. The van der Waals surface area contributed by atoms with Crippen LogP contribution in [0.25, 0.3) is 0 Å². The number of ether oxygens (including phenoxy) is 1. The number of piperazine rings is 1. The number of hydrogen-bond acceptors (Lipinski definition) is 5. The summed E-state index contributed by atoms with van der Waals surface area (Å²) in [6.07, 6.45) is -1.49. The summed E-state index contributed by atoms with van der Waals surface area (Å²) < 4.78 is 43.0. The molecule has 31 heavy (non-hydrogen) atoms. The summed E-state index contributed by atoms with van der Waals surface area (Å²) in [4.78, 5) is 24.1. The first-order chi connectivity index (χ1) is 14.3. The smallest absolute Gasteiger partial charge is 0.417 e. The van der Waals surface area contributed by atoms with Gasteiger partial charge in [0.25, 0.3) is 0 Å². The number of alkyl halides is 3. The van der Waals surface area contributed by atoms with Gasteiger partial charge in [-0.05, 0) is 18.9 Å². The van der Waals surface area contributed by atoms with Crippen LogP contribution in [0.2, 0.25) is 0 Å². The maximum absolute atomic E-state index is 12.5. The van der Waals surface area contributed by atoms with Gasteiger partial charge in [-0.1, -0.05) is 0 Å². The van der Waals surface area contributed by atoms with E-state index in [1.807, 2.05) is 0 Å². The molecule has 0 bridgehead atoms. The van der Waals surface area contributed by atoms with Gasteiger partial charge in [0, 0.05) is 51.5 Å². The number of aliphatic imine (C=N–C) groups is 1. The summed E-state index contributed by atoms with van der Waals surface area (Å²) in [5.74, 6) is 0.946. The second-order valence-electron chi connectivity index (χ2n) is 7.31. The van der Waals surface area contributed by atoms with Crippen molar-refractivity contribution in [1.29, 1.82) is 0 Å². The summed E-state index contributed by atoms with van der Waals surface area (Å²) in [6.45, 7) is 4.12. The second kappa shape index (κ2) is 11.7. The van der Waals surface area contributed by atoms with Gasteiger partial charge in [0.05, 0.1) is 18.7 Å². The number of halogens is 4. The van der Waals surface area contributed by atoms with Gasteiger partial charge in [-0.2, -0.15) is 13.2 Å². The number of amides is 1. The van der Waals surface area contributed by atoms with E-state index in [0.29, 0.717) is 19.1 Å². The molecule has 12 heteroatoms. The fourth-order valence-electron chi connectivity index (χ4n) is 3.11. The molecule has 2 aliphatic rings. The van der Waals surface area contributed by atoms with E-state index in [2.05, 4.69) is 30.4 Å². The van der Waals surface area contributed by atoms with Gasteiger partial charge < -0.3 is 20.3 Å². The van der Waals surface area contributed by atoms with E-state index in [-0.39, 0.29) is 42.4 Å². The molecule has 0 atom stereocenters. The highest BCUT2D eigenvalue weighted by Crippen LogP contribution is 2.29. The number of rotatable bonds is 7. The normalized spacial score (nSPS) is 17.7. The number of carbonyl (C=O) groups excluding carboxylic acids is 1. The predicted octanol–water partition coefficient (Wildman–Crippen LogP) is 1.57. The van der Waals surface area contributed by atoms with Crippen molar-refractivity contribution in [2.75, 3.05) is 52.9 Å². The lowest BCUT2D eigenvalue weighted by atomic mass is 10.3. The maximum Gasteiger partial charge on any atom is 0.417 e. The van der Waals surface area contributed by atoms with Crippen LogP contribution in [0.3, 0.4) is 0 Å². The Morgan fingerprint density at radius 1 is 1.26 bits per heavy atom. The van der Waals surface area contributed by atoms with E-state index in [0.717, 1.165) is 57.2 Å². The summed E-state index contributed by atoms with van der Waals surface area (Å²) in [5, 5.41) is 6.18. The van der Waals surface area contributed by atoms with E-state index in [1.54, 1.807) is 7.05 Å². The SMILES string of the molecule is CN=C(NCCOc1ccc(C(F)(F)F)cn1)N1CCN(CC(=O)NC2CC2)CC1.I. The molecule has 2 N–H and O–H groups in total. The Morgan fingerprint density at radius 2 is 1.97 bits per heavy atom. The highest BCUT2D eigenvalue weighted by atomic mass is 127. The third-order valence-electron chi connectivity index (χ3n) is 4.89. The quantitative estimate of drug-likeness (QED) is 0.230. The molecule has 1 aliphatic carbocycles. The van der Waals surface area contributed by atoms with Crippen molar-refractivity contribution in [3.05, 3.63) is 23.9 Å². The Balaban J connectivity index is 0.00000341. The molecule has 1 aliphatic heterocycles. The van der Waals surface area contributed by atoms with Crippen molar-refractivity contribution in [2.24, 2.45) is 4.99 Å². The van der Waals surface area contributed by atoms with Gasteiger partial charge in [-0.15, -0.1) is 24.0 Å². The Hall–Kier alpha value is -1.83. The summed E-state index contributed by atoms with van der Waals surface area (Å²) in [6, 6.07) is 2.52. The molecule has 1 saturated heterocycles. The zero-order chi connectivity index (χ0) is 21.6. The van der Waals surface area contributed by atoms with Crippen LogP contribution in [0.1, 0.15) is 18.4 Å². The Morgan fingerprint density at radius 3 is 2.52 bits per heavy atom. The number of hydrogen-bond donors (Lipinski definition) is 2. The van der Waals surface area contributed by atoms with Crippen LogP contribution < -0.4 is 15.4 Å². The van der Waals surface area contributed by atoms with Crippen molar-refractivity contribution in [2.45, 2.75) is 25.1 Å². The standard InChI is InChI=1S/C19H27F3N6O2.HI/c1-23-18(24-6-11-30-17-5-2-14(12-25-17)19(20,21)22)28-9-7-27(8-10-28)13-16(29)26-15-3-4-15;/h2,5,12,15H,3-4,6-11,13H2,1H3,(H,23,24)(H,26,29);1H. The van der Waals surface area contributed by atoms with Crippen molar-refractivity contribution in [3.8, 4) is 5.88 Å². The van der Waals surface area contributed by atoms with Crippen LogP contribution in [0.15, 0.2) is 23.3 Å². The largest absolute Gasteiger partial charge is 0.476 e.